The van der Waals surface area contributed by atoms with Crippen LogP contribution in [0.5, 0.6) is 0 Å². The monoisotopic (exact) mass is 382 g/mol. The summed E-state index contributed by atoms with van der Waals surface area (Å²) in [6, 6.07) is 0. The van der Waals surface area contributed by atoms with Crippen molar-refractivity contribution in [3.63, 3.8) is 0 Å². The van der Waals surface area contributed by atoms with Crippen LogP contribution < -0.4 is 5.32 Å². The summed E-state index contributed by atoms with van der Waals surface area (Å²) < 4.78 is 5.41. The summed E-state index contributed by atoms with van der Waals surface area (Å²) >= 11 is 0. The highest BCUT2D eigenvalue weighted by molar-refractivity contribution is 5.85. The Hall–Kier alpha value is -0.110. The number of carbonyl (C=O) groups excluding carboxylic acids is 1. The molecule has 1 unspecified atom stereocenters. The van der Waals surface area contributed by atoms with Crippen LogP contribution in [0.1, 0.15) is 12.8 Å². The number of hydrogen-bond donors (Lipinski definition) is 1. The lowest BCUT2D eigenvalue weighted by Crippen LogP contribution is -2.47. The number of halogens is 2. The van der Waals surface area contributed by atoms with Crippen LogP contribution >= 0.6 is 24.8 Å². The van der Waals surface area contributed by atoms with Gasteiger partial charge in [-0.1, -0.05) is 0 Å². The molecule has 24 heavy (non-hydrogen) atoms. The van der Waals surface area contributed by atoms with Crippen LogP contribution in [0.4, 0.5) is 0 Å². The highest BCUT2D eigenvalue weighted by Crippen LogP contribution is 2.18. The Bertz CT molecular complexity index is 364. The van der Waals surface area contributed by atoms with Gasteiger partial charge in [0, 0.05) is 65.3 Å². The molecular formula is C16H32Cl2N4O2. The fourth-order valence-corrected chi connectivity index (χ4v) is 3.74. The van der Waals surface area contributed by atoms with Crippen molar-refractivity contribution in [2.24, 2.45) is 5.92 Å². The van der Waals surface area contributed by atoms with Gasteiger partial charge in [-0.05, 0) is 18.9 Å². The maximum absolute atomic E-state index is 12.2. The summed E-state index contributed by atoms with van der Waals surface area (Å²) in [4.78, 5) is 19.2. The van der Waals surface area contributed by atoms with Crippen molar-refractivity contribution in [3.05, 3.63) is 0 Å². The lowest BCUT2D eigenvalue weighted by Gasteiger charge is -2.29. The second kappa shape index (κ2) is 11.5. The molecule has 0 spiro atoms. The summed E-state index contributed by atoms with van der Waals surface area (Å²) in [5, 5.41) is 3.29. The Morgan fingerprint density at radius 3 is 2.42 bits per heavy atom. The molecule has 0 bridgehead atoms. The normalized spacial score (nSPS) is 25.8. The van der Waals surface area contributed by atoms with Gasteiger partial charge in [-0.25, -0.2) is 0 Å². The first-order valence-electron chi connectivity index (χ1n) is 8.82. The smallest absolute Gasteiger partial charge is 0.223 e. The molecular weight excluding hydrogens is 351 g/mol. The molecule has 1 N–H and O–H groups in total. The lowest BCUT2D eigenvalue weighted by atomic mass is 10.1. The Morgan fingerprint density at radius 2 is 1.71 bits per heavy atom. The standard InChI is InChI=1S/C16H30N4O2.2ClH/c21-16(20-7-3-17-4-8-20)2-6-18-5-1-15(13-18)14-19-9-11-22-12-10-19;;/h15,17H,1-14H2;2*1H. The molecule has 3 rings (SSSR count). The van der Waals surface area contributed by atoms with E-state index in [1.807, 2.05) is 4.90 Å². The molecule has 0 aromatic heterocycles. The largest absolute Gasteiger partial charge is 0.379 e. The van der Waals surface area contributed by atoms with Gasteiger partial charge in [0.25, 0.3) is 0 Å². The van der Waals surface area contributed by atoms with Gasteiger partial charge in [0.2, 0.25) is 5.91 Å². The maximum atomic E-state index is 12.2. The molecule has 6 nitrogen and oxygen atoms in total. The van der Waals surface area contributed by atoms with E-state index in [9.17, 15) is 4.79 Å². The molecule has 1 amide bonds. The van der Waals surface area contributed by atoms with Crippen molar-refractivity contribution < 1.29 is 9.53 Å². The quantitative estimate of drug-likeness (QED) is 0.741. The van der Waals surface area contributed by atoms with Crippen molar-refractivity contribution in [2.45, 2.75) is 12.8 Å². The first kappa shape index (κ1) is 21.9. The zero-order valence-electron chi connectivity index (χ0n) is 14.5. The lowest BCUT2D eigenvalue weighted by molar-refractivity contribution is -0.132. The van der Waals surface area contributed by atoms with Crippen LogP contribution in [0.2, 0.25) is 0 Å². The number of carbonyl (C=O) groups is 1. The van der Waals surface area contributed by atoms with Crippen LogP contribution in [-0.2, 0) is 9.53 Å². The van der Waals surface area contributed by atoms with Gasteiger partial charge in [0.1, 0.15) is 0 Å². The average Bonchev–Trinajstić information content (AvgIpc) is 3.02. The van der Waals surface area contributed by atoms with Crippen molar-refractivity contribution in [3.8, 4) is 0 Å². The Labute approximate surface area is 158 Å². The third-order valence-corrected chi connectivity index (χ3v) is 5.10. The summed E-state index contributed by atoms with van der Waals surface area (Å²) in [6.07, 6.45) is 1.96. The second-order valence-electron chi connectivity index (χ2n) is 6.75. The van der Waals surface area contributed by atoms with Crippen molar-refractivity contribution in [1.82, 2.24) is 20.0 Å². The second-order valence-corrected chi connectivity index (χ2v) is 6.75. The van der Waals surface area contributed by atoms with E-state index in [1.54, 1.807) is 0 Å². The van der Waals surface area contributed by atoms with Crippen LogP contribution in [0.3, 0.4) is 0 Å². The van der Waals surface area contributed by atoms with Gasteiger partial charge >= 0.3 is 0 Å². The number of amides is 1. The number of piperazine rings is 1. The zero-order valence-corrected chi connectivity index (χ0v) is 16.1. The number of nitrogens with one attached hydrogen (secondary N) is 1. The highest BCUT2D eigenvalue weighted by atomic mass is 35.5. The number of nitrogens with zero attached hydrogens (tertiary/aromatic N) is 3. The third-order valence-electron chi connectivity index (χ3n) is 5.10. The number of rotatable bonds is 5. The molecule has 0 aromatic carbocycles. The van der Waals surface area contributed by atoms with E-state index in [1.165, 1.54) is 13.0 Å². The first-order valence-corrected chi connectivity index (χ1v) is 8.82. The van der Waals surface area contributed by atoms with E-state index in [0.29, 0.717) is 12.3 Å². The van der Waals surface area contributed by atoms with E-state index in [2.05, 4.69) is 15.1 Å². The van der Waals surface area contributed by atoms with Crippen molar-refractivity contribution in [1.29, 1.82) is 0 Å². The predicted octanol–water partition coefficient (Wildman–Crippen LogP) is 0.306. The number of likely N-dealkylation sites (tertiary alicyclic amines) is 1. The van der Waals surface area contributed by atoms with E-state index < -0.39 is 0 Å². The highest BCUT2D eigenvalue weighted by Gasteiger charge is 2.26. The summed E-state index contributed by atoms with van der Waals surface area (Å²) in [5.41, 5.74) is 0. The SMILES string of the molecule is Cl.Cl.O=C(CCN1CCC(CN2CCOCC2)C1)N1CCNCC1. The number of ether oxygens (including phenoxy) is 1. The zero-order chi connectivity index (χ0) is 15.2. The predicted molar refractivity (Wildman–Crippen MR) is 100 cm³/mol. The third kappa shape index (κ3) is 6.65. The van der Waals surface area contributed by atoms with E-state index in [4.69, 9.17) is 4.74 Å². The summed E-state index contributed by atoms with van der Waals surface area (Å²) in [7, 11) is 0. The minimum absolute atomic E-state index is 0. The van der Waals surface area contributed by atoms with E-state index >= 15 is 0 Å². The molecule has 8 heteroatoms. The van der Waals surface area contributed by atoms with Crippen LogP contribution in [-0.4, -0.2) is 99.3 Å². The number of hydrogen-bond acceptors (Lipinski definition) is 5. The molecule has 3 saturated heterocycles. The average molecular weight is 383 g/mol. The van der Waals surface area contributed by atoms with Gasteiger partial charge in [-0.15, -0.1) is 24.8 Å². The van der Waals surface area contributed by atoms with Crippen molar-refractivity contribution >= 4 is 30.7 Å². The van der Waals surface area contributed by atoms with E-state index in [-0.39, 0.29) is 24.8 Å². The fraction of sp³-hybridized carbons (Fsp3) is 0.938. The van der Waals surface area contributed by atoms with Crippen molar-refractivity contribution in [2.75, 3.05) is 78.7 Å². The van der Waals surface area contributed by atoms with Crippen LogP contribution in [0, 0.1) is 5.92 Å². The molecule has 0 saturated carbocycles. The van der Waals surface area contributed by atoms with Gasteiger partial charge in [0.15, 0.2) is 0 Å². The topological polar surface area (TPSA) is 48.1 Å². The molecule has 142 valence electrons. The number of morpholine rings is 1. The maximum Gasteiger partial charge on any atom is 0.223 e. The van der Waals surface area contributed by atoms with Crippen LogP contribution in [0.15, 0.2) is 0 Å². The Kier molecular flexibility index (Phi) is 10.5. The Balaban J connectivity index is 0.00000144. The summed E-state index contributed by atoms with van der Waals surface area (Å²) in [5.74, 6) is 1.10. The Morgan fingerprint density at radius 1 is 1.00 bits per heavy atom. The summed E-state index contributed by atoms with van der Waals surface area (Å²) in [6.45, 7) is 12.0. The van der Waals surface area contributed by atoms with Gasteiger partial charge in [-0.2, -0.15) is 0 Å². The molecule has 3 fully saturated rings. The minimum Gasteiger partial charge on any atom is -0.379 e. The van der Waals surface area contributed by atoms with Crippen LogP contribution in [0.25, 0.3) is 0 Å². The molecule has 3 aliphatic heterocycles. The molecule has 0 aliphatic carbocycles. The molecule has 0 aromatic rings. The van der Waals surface area contributed by atoms with Gasteiger partial charge in [-0.3, -0.25) is 9.69 Å². The minimum atomic E-state index is 0. The molecule has 1 atom stereocenters. The van der Waals surface area contributed by atoms with Gasteiger partial charge < -0.3 is 19.9 Å². The fourth-order valence-electron chi connectivity index (χ4n) is 3.74. The molecule has 0 radical (unpaired) electrons. The van der Waals surface area contributed by atoms with E-state index in [0.717, 1.165) is 78.0 Å². The first-order chi connectivity index (χ1) is 10.8. The molecule has 3 aliphatic rings. The molecule has 3 heterocycles. The van der Waals surface area contributed by atoms with Gasteiger partial charge in [0.05, 0.1) is 13.2 Å².